The van der Waals surface area contributed by atoms with E-state index in [0.29, 0.717) is 18.0 Å². The Hall–Kier alpha value is -0.200. The summed E-state index contributed by atoms with van der Waals surface area (Å²) < 4.78 is 22.0. The zero-order valence-electron chi connectivity index (χ0n) is 9.56. The van der Waals surface area contributed by atoms with Crippen molar-refractivity contribution in [2.24, 2.45) is 5.73 Å². The van der Waals surface area contributed by atoms with Gasteiger partial charge in [-0.25, -0.2) is 8.42 Å². The molecular formula is C9H20N2O2S2. The second kappa shape index (κ2) is 6.40. The Kier molecular flexibility index (Phi) is 6.31. The molecule has 0 aliphatic carbocycles. The van der Waals surface area contributed by atoms with Crippen LogP contribution in [-0.2, 0) is 9.84 Å². The number of nitrogens with two attached hydrogens (primary N) is 1. The summed E-state index contributed by atoms with van der Waals surface area (Å²) in [4.78, 5) is 2.48. The van der Waals surface area contributed by atoms with Gasteiger partial charge in [-0.3, -0.25) is 0 Å². The van der Waals surface area contributed by atoms with Gasteiger partial charge in [-0.2, -0.15) is 0 Å². The maximum atomic E-state index is 11.0. The van der Waals surface area contributed by atoms with Gasteiger partial charge in [0.05, 0.1) is 10.7 Å². The van der Waals surface area contributed by atoms with Gasteiger partial charge in [0.15, 0.2) is 0 Å². The lowest BCUT2D eigenvalue weighted by molar-refractivity contribution is 0.254. The first kappa shape index (κ1) is 14.8. The van der Waals surface area contributed by atoms with Gasteiger partial charge in [-0.15, -0.1) is 0 Å². The normalized spacial score (nSPS) is 14.1. The van der Waals surface area contributed by atoms with Gasteiger partial charge in [0.25, 0.3) is 0 Å². The van der Waals surface area contributed by atoms with E-state index in [1.807, 2.05) is 18.9 Å². The minimum atomic E-state index is -2.90. The van der Waals surface area contributed by atoms with E-state index in [1.54, 1.807) is 0 Å². The van der Waals surface area contributed by atoms with E-state index in [2.05, 4.69) is 0 Å². The summed E-state index contributed by atoms with van der Waals surface area (Å²) in [6.07, 6.45) is 2.80. The molecule has 0 aromatic carbocycles. The molecule has 1 atom stereocenters. The highest BCUT2D eigenvalue weighted by Gasteiger charge is 2.15. The SMILES string of the molecule is CCC(CC(N)=S)N(C)CCS(C)(=O)=O. The minimum absolute atomic E-state index is 0.178. The van der Waals surface area contributed by atoms with E-state index in [0.717, 1.165) is 6.42 Å². The average molecular weight is 252 g/mol. The molecule has 0 rings (SSSR count). The molecule has 0 bridgehead atoms. The van der Waals surface area contributed by atoms with E-state index in [-0.39, 0.29) is 11.8 Å². The van der Waals surface area contributed by atoms with Gasteiger partial charge in [-0.05, 0) is 13.5 Å². The summed E-state index contributed by atoms with van der Waals surface area (Å²) in [5.74, 6) is 0.178. The van der Waals surface area contributed by atoms with Crippen LogP contribution in [0.25, 0.3) is 0 Å². The van der Waals surface area contributed by atoms with Crippen LogP contribution in [-0.4, -0.2) is 49.9 Å². The fourth-order valence-corrected chi connectivity index (χ4v) is 2.15. The third kappa shape index (κ3) is 7.70. The second-order valence-electron chi connectivity index (χ2n) is 3.84. The predicted molar refractivity (Wildman–Crippen MR) is 67.8 cm³/mol. The summed E-state index contributed by atoms with van der Waals surface area (Å²) in [6.45, 7) is 2.57. The van der Waals surface area contributed by atoms with Gasteiger partial charge in [-0.1, -0.05) is 19.1 Å². The molecule has 2 N–H and O–H groups in total. The Morgan fingerprint density at radius 1 is 1.53 bits per heavy atom. The van der Waals surface area contributed by atoms with Crippen LogP contribution in [0, 0.1) is 0 Å². The molecule has 0 aromatic rings. The van der Waals surface area contributed by atoms with E-state index in [9.17, 15) is 8.42 Å². The van der Waals surface area contributed by atoms with Crippen molar-refractivity contribution in [1.29, 1.82) is 0 Å². The first-order valence-corrected chi connectivity index (χ1v) is 7.39. The zero-order valence-corrected chi connectivity index (χ0v) is 11.2. The van der Waals surface area contributed by atoms with Crippen LogP contribution in [0.4, 0.5) is 0 Å². The highest BCUT2D eigenvalue weighted by molar-refractivity contribution is 7.90. The standard InChI is InChI=1S/C9H20N2O2S2/c1-4-8(7-9(10)14)11(2)5-6-15(3,12)13/h8H,4-7H2,1-3H3,(H2,10,14). The Morgan fingerprint density at radius 3 is 2.40 bits per heavy atom. The highest BCUT2D eigenvalue weighted by Crippen LogP contribution is 2.06. The van der Waals surface area contributed by atoms with Crippen molar-refractivity contribution in [3.05, 3.63) is 0 Å². The van der Waals surface area contributed by atoms with E-state index < -0.39 is 9.84 Å². The number of sulfone groups is 1. The fourth-order valence-electron chi connectivity index (χ4n) is 1.34. The maximum absolute atomic E-state index is 11.0. The Labute approximate surface area is 97.7 Å². The molecule has 0 aliphatic heterocycles. The van der Waals surface area contributed by atoms with E-state index in [4.69, 9.17) is 18.0 Å². The zero-order chi connectivity index (χ0) is 12.1. The second-order valence-corrected chi connectivity index (χ2v) is 6.63. The average Bonchev–Trinajstić information content (AvgIpc) is 2.08. The van der Waals surface area contributed by atoms with Crippen molar-refractivity contribution >= 4 is 27.0 Å². The molecule has 15 heavy (non-hydrogen) atoms. The summed E-state index contributed by atoms with van der Waals surface area (Å²) in [6, 6.07) is 0.240. The lowest BCUT2D eigenvalue weighted by Gasteiger charge is -2.26. The number of thiocarbonyl (C=S) groups is 1. The third-order valence-electron chi connectivity index (χ3n) is 2.35. The molecular weight excluding hydrogens is 232 g/mol. The molecule has 90 valence electrons. The van der Waals surface area contributed by atoms with Crippen LogP contribution in [0.2, 0.25) is 0 Å². The van der Waals surface area contributed by atoms with Crippen molar-refractivity contribution in [2.75, 3.05) is 25.6 Å². The largest absolute Gasteiger partial charge is 0.393 e. The first-order chi connectivity index (χ1) is 6.76. The van der Waals surface area contributed by atoms with Gasteiger partial charge < -0.3 is 10.6 Å². The van der Waals surface area contributed by atoms with Crippen LogP contribution in [0.5, 0.6) is 0 Å². The van der Waals surface area contributed by atoms with E-state index in [1.165, 1.54) is 6.26 Å². The van der Waals surface area contributed by atoms with Gasteiger partial charge in [0.1, 0.15) is 9.84 Å². The van der Waals surface area contributed by atoms with Crippen LogP contribution in [0.1, 0.15) is 19.8 Å². The minimum Gasteiger partial charge on any atom is -0.393 e. The predicted octanol–water partition coefficient (Wildman–Crippen LogP) is 0.418. The van der Waals surface area contributed by atoms with Crippen molar-refractivity contribution in [2.45, 2.75) is 25.8 Å². The quantitative estimate of drug-likeness (QED) is 0.665. The molecule has 0 amide bonds. The van der Waals surface area contributed by atoms with Crippen LogP contribution < -0.4 is 5.73 Å². The van der Waals surface area contributed by atoms with Crippen molar-refractivity contribution in [3.63, 3.8) is 0 Å². The number of hydrogen-bond donors (Lipinski definition) is 1. The Balaban J connectivity index is 4.15. The summed E-state index contributed by atoms with van der Waals surface area (Å²) in [7, 11) is -0.995. The first-order valence-electron chi connectivity index (χ1n) is 4.92. The molecule has 0 saturated carbocycles. The fraction of sp³-hybridized carbons (Fsp3) is 0.889. The van der Waals surface area contributed by atoms with Gasteiger partial charge in [0, 0.05) is 25.3 Å². The lowest BCUT2D eigenvalue weighted by atomic mass is 10.1. The number of nitrogens with zero attached hydrogens (tertiary/aromatic N) is 1. The van der Waals surface area contributed by atoms with Crippen LogP contribution in [0.3, 0.4) is 0 Å². The summed E-state index contributed by atoms with van der Waals surface area (Å²) in [5, 5.41) is 0. The molecule has 0 heterocycles. The third-order valence-corrected chi connectivity index (χ3v) is 3.44. The van der Waals surface area contributed by atoms with Crippen molar-refractivity contribution in [1.82, 2.24) is 4.90 Å². The summed E-state index contributed by atoms with van der Waals surface area (Å²) in [5.41, 5.74) is 5.48. The maximum Gasteiger partial charge on any atom is 0.148 e. The number of hydrogen-bond acceptors (Lipinski definition) is 4. The number of rotatable bonds is 7. The molecule has 6 heteroatoms. The smallest absolute Gasteiger partial charge is 0.148 e. The van der Waals surface area contributed by atoms with Gasteiger partial charge >= 0.3 is 0 Å². The molecule has 0 aromatic heterocycles. The molecule has 4 nitrogen and oxygen atoms in total. The van der Waals surface area contributed by atoms with Crippen molar-refractivity contribution < 1.29 is 8.42 Å². The molecule has 1 unspecified atom stereocenters. The molecule has 0 radical (unpaired) electrons. The van der Waals surface area contributed by atoms with Gasteiger partial charge in [0.2, 0.25) is 0 Å². The van der Waals surface area contributed by atoms with Crippen LogP contribution in [0.15, 0.2) is 0 Å². The topological polar surface area (TPSA) is 63.4 Å². The summed E-state index contributed by atoms with van der Waals surface area (Å²) >= 11 is 4.85. The lowest BCUT2D eigenvalue weighted by Crippen LogP contribution is -2.37. The monoisotopic (exact) mass is 252 g/mol. The molecule has 0 spiro atoms. The molecule has 0 aliphatic rings. The van der Waals surface area contributed by atoms with Crippen LogP contribution >= 0.6 is 12.2 Å². The Bertz CT molecular complexity index is 301. The van der Waals surface area contributed by atoms with Crippen molar-refractivity contribution in [3.8, 4) is 0 Å². The molecule has 0 fully saturated rings. The van der Waals surface area contributed by atoms with E-state index >= 15 is 0 Å². The Morgan fingerprint density at radius 2 is 2.07 bits per heavy atom. The highest BCUT2D eigenvalue weighted by atomic mass is 32.2. The molecule has 0 saturated heterocycles.